The van der Waals surface area contributed by atoms with Crippen molar-refractivity contribution >= 4 is 9.76 Å². The molecule has 0 radical (unpaired) electrons. The molecule has 19 heavy (non-hydrogen) atoms. The highest BCUT2D eigenvalue weighted by Gasteiger charge is 2.14. The smallest absolute Gasteiger partial charge is 0.162 e. The van der Waals surface area contributed by atoms with Crippen LogP contribution in [0.15, 0.2) is 60.7 Å². The van der Waals surface area contributed by atoms with Gasteiger partial charge in [-0.1, -0.05) is 60.7 Å². The Bertz CT molecular complexity index is 428. The summed E-state index contributed by atoms with van der Waals surface area (Å²) in [4.78, 5) is 0. The lowest BCUT2D eigenvalue weighted by atomic mass is 9.93. The summed E-state index contributed by atoms with van der Waals surface area (Å²) < 4.78 is 5.85. The lowest BCUT2D eigenvalue weighted by Gasteiger charge is -2.18. The molecule has 0 saturated heterocycles. The first-order valence-corrected chi connectivity index (χ1v) is 8.56. The van der Waals surface area contributed by atoms with Gasteiger partial charge in [0.15, 0.2) is 9.76 Å². The van der Waals surface area contributed by atoms with E-state index in [2.05, 4.69) is 74.5 Å². The van der Waals surface area contributed by atoms with Crippen LogP contribution in [0.1, 0.15) is 30.9 Å². The van der Waals surface area contributed by atoms with E-state index < -0.39 is 9.76 Å². The quantitative estimate of drug-likeness (QED) is 0.727. The summed E-state index contributed by atoms with van der Waals surface area (Å²) in [7, 11) is -0.471. The predicted molar refractivity (Wildman–Crippen MR) is 84.3 cm³/mol. The van der Waals surface area contributed by atoms with E-state index in [1.54, 1.807) is 0 Å². The fourth-order valence-electron chi connectivity index (χ4n) is 2.32. The first-order chi connectivity index (χ1) is 9.27. The first-order valence-electron chi connectivity index (χ1n) is 6.99. The maximum Gasteiger partial charge on any atom is 0.162 e. The number of benzene rings is 2. The number of hydrogen-bond acceptors (Lipinski definition) is 1. The molecule has 0 N–H and O–H groups in total. The van der Waals surface area contributed by atoms with Gasteiger partial charge in [0, 0.05) is 12.0 Å². The van der Waals surface area contributed by atoms with Crippen molar-refractivity contribution in [2.75, 3.05) is 0 Å². The van der Waals surface area contributed by atoms with Gasteiger partial charge in [0.05, 0.1) is 0 Å². The van der Waals surface area contributed by atoms with Gasteiger partial charge in [-0.2, -0.15) is 0 Å². The van der Waals surface area contributed by atoms with Crippen molar-refractivity contribution in [1.82, 2.24) is 0 Å². The standard InChI is InChI=1S/C17H22OSi/c1-14(2)18-19-13-17(15-9-5-3-6-10-15)16-11-7-4-8-12-16/h3-12,14,17H,13,19H2,1-2H3. The average Bonchev–Trinajstić information content (AvgIpc) is 2.45. The van der Waals surface area contributed by atoms with Crippen molar-refractivity contribution in [3.63, 3.8) is 0 Å². The van der Waals surface area contributed by atoms with Gasteiger partial charge < -0.3 is 4.43 Å². The van der Waals surface area contributed by atoms with Crippen LogP contribution in [0.25, 0.3) is 0 Å². The Labute approximate surface area is 118 Å². The normalized spacial score (nSPS) is 11.8. The lowest BCUT2D eigenvalue weighted by Crippen LogP contribution is -2.11. The monoisotopic (exact) mass is 270 g/mol. The minimum Gasteiger partial charge on any atom is -0.422 e. The van der Waals surface area contributed by atoms with Crippen LogP contribution in [0.4, 0.5) is 0 Å². The molecule has 0 aliphatic carbocycles. The van der Waals surface area contributed by atoms with Crippen molar-refractivity contribution in [3.05, 3.63) is 71.8 Å². The molecule has 0 aromatic heterocycles. The molecular weight excluding hydrogens is 248 g/mol. The van der Waals surface area contributed by atoms with Crippen LogP contribution in [0.3, 0.4) is 0 Å². The molecule has 0 bridgehead atoms. The Hall–Kier alpha value is -1.38. The molecule has 0 heterocycles. The van der Waals surface area contributed by atoms with E-state index in [9.17, 15) is 0 Å². The van der Waals surface area contributed by atoms with Crippen molar-refractivity contribution in [1.29, 1.82) is 0 Å². The molecule has 0 aliphatic rings. The fourth-order valence-corrected chi connectivity index (χ4v) is 3.83. The molecule has 0 unspecified atom stereocenters. The van der Waals surface area contributed by atoms with Crippen molar-refractivity contribution in [2.45, 2.75) is 31.9 Å². The van der Waals surface area contributed by atoms with Crippen LogP contribution < -0.4 is 0 Å². The van der Waals surface area contributed by atoms with Crippen LogP contribution in [0.2, 0.25) is 6.04 Å². The van der Waals surface area contributed by atoms with Gasteiger partial charge in [-0.3, -0.25) is 0 Å². The third kappa shape index (κ3) is 4.34. The van der Waals surface area contributed by atoms with Gasteiger partial charge in [-0.15, -0.1) is 0 Å². The zero-order valence-electron chi connectivity index (χ0n) is 11.8. The molecule has 0 atom stereocenters. The summed E-state index contributed by atoms with van der Waals surface area (Å²) in [6, 6.07) is 22.7. The fraction of sp³-hybridized carbons (Fsp3) is 0.294. The molecule has 1 nitrogen and oxygen atoms in total. The van der Waals surface area contributed by atoms with E-state index in [-0.39, 0.29) is 0 Å². The van der Waals surface area contributed by atoms with Crippen LogP contribution in [0.5, 0.6) is 0 Å². The second-order valence-electron chi connectivity index (χ2n) is 5.08. The lowest BCUT2D eigenvalue weighted by molar-refractivity contribution is 0.254. The molecule has 0 fully saturated rings. The second kappa shape index (κ2) is 7.27. The Morgan fingerprint density at radius 1 is 0.842 bits per heavy atom. The average molecular weight is 270 g/mol. The maximum atomic E-state index is 5.85. The Morgan fingerprint density at radius 2 is 1.32 bits per heavy atom. The molecule has 2 aromatic carbocycles. The summed E-state index contributed by atoms with van der Waals surface area (Å²) >= 11 is 0. The summed E-state index contributed by atoms with van der Waals surface area (Å²) in [6.45, 7) is 4.24. The first kappa shape index (κ1) is 14.0. The van der Waals surface area contributed by atoms with Gasteiger partial charge in [0.25, 0.3) is 0 Å². The van der Waals surface area contributed by atoms with E-state index in [1.807, 2.05) is 0 Å². The Kier molecular flexibility index (Phi) is 5.37. The predicted octanol–water partition coefficient (Wildman–Crippen LogP) is 3.75. The van der Waals surface area contributed by atoms with Gasteiger partial charge >= 0.3 is 0 Å². The Balaban J connectivity index is 2.14. The molecule has 0 saturated carbocycles. The maximum absolute atomic E-state index is 5.85. The van der Waals surface area contributed by atoms with E-state index >= 15 is 0 Å². The zero-order valence-corrected chi connectivity index (χ0v) is 13.2. The largest absolute Gasteiger partial charge is 0.422 e. The summed E-state index contributed by atoms with van der Waals surface area (Å²) in [5.74, 6) is 0.479. The molecular formula is C17H22OSi. The van der Waals surface area contributed by atoms with E-state index in [0.717, 1.165) is 6.04 Å². The topological polar surface area (TPSA) is 9.23 Å². The molecule has 2 heteroatoms. The second-order valence-corrected chi connectivity index (χ2v) is 6.40. The van der Waals surface area contributed by atoms with Gasteiger partial charge in [-0.25, -0.2) is 0 Å². The molecule has 2 aromatic rings. The van der Waals surface area contributed by atoms with Crippen molar-refractivity contribution in [3.8, 4) is 0 Å². The van der Waals surface area contributed by atoms with Crippen molar-refractivity contribution in [2.24, 2.45) is 0 Å². The van der Waals surface area contributed by atoms with E-state index in [4.69, 9.17) is 4.43 Å². The highest BCUT2D eigenvalue weighted by Crippen LogP contribution is 2.28. The number of hydrogen-bond donors (Lipinski definition) is 0. The number of rotatable bonds is 6. The van der Waals surface area contributed by atoms with Crippen LogP contribution in [0, 0.1) is 0 Å². The third-order valence-corrected chi connectivity index (χ3v) is 4.98. The molecule has 0 spiro atoms. The van der Waals surface area contributed by atoms with Crippen molar-refractivity contribution < 1.29 is 4.43 Å². The zero-order chi connectivity index (χ0) is 13.5. The summed E-state index contributed by atoms with van der Waals surface area (Å²) in [5.41, 5.74) is 2.79. The van der Waals surface area contributed by atoms with E-state index in [0.29, 0.717) is 12.0 Å². The van der Waals surface area contributed by atoms with E-state index in [1.165, 1.54) is 11.1 Å². The molecule has 100 valence electrons. The molecule has 0 aliphatic heterocycles. The highest BCUT2D eigenvalue weighted by molar-refractivity contribution is 6.27. The van der Waals surface area contributed by atoms with Crippen LogP contribution in [-0.4, -0.2) is 15.9 Å². The minimum atomic E-state index is -0.471. The molecule has 0 amide bonds. The van der Waals surface area contributed by atoms with Gasteiger partial charge in [0.1, 0.15) is 0 Å². The molecule has 2 rings (SSSR count). The Morgan fingerprint density at radius 3 is 1.74 bits per heavy atom. The van der Waals surface area contributed by atoms with Gasteiger partial charge in [0.2, 0.25) is 0 Å². The summed E-state index contributed by atoms with van der Waals surface area (Å²) in [6.07, 6.45) is 0.360. The van der Waals surface area contributed by atoms with Gasteiger partial charge in [-0.05, 0) is 31.0 Å². The van der Waals surface area contributed by atoms with Crippen LogP contribution >= 0.6 is 0 Å². The van der Waals surface area contributed by atoms with Crippen LogP contribution in [-0.2, 0) is 4.43 Å². The minimum absolute atomic E-state index is 0.360. The SMILES string of the molecule is CC(C)O[SiH2]CC(c1ccccc1)c1ccccc1. The summed E-state index contributed by atoms with van der Waals surface area (Å²) in [5, 5.41) is 0. The third-order valence-electron chi connectivity index (χ3n) is 3.26. The highest BCUT2D eigenvalue weighted by atomic mass is 28.2.